The molecule has 25 heavy (non-hydrogen) atoms. The molecule has 4 heterocycles. The van der Waals surface area contributed by atoms with Gasteiger partial charge in [-0.1, -0.05) is 6.07 Å². The highest BCUT2D eigenvalue weighted by Crippen LogP contribution is 2.29. The second kappa shape index (κ2) is 6.27. The Morgan fingerprint density at radius 1 is 1.20 bits per heavy atom. The van der Waals surface area contributed by atoms with Crippen LogP contribution < -0.4 is 0 Å². The first-order valence-electron chi connectivity index (χ1n) is 8.31. The average Bonchev–Trinajstić information content (AvgIpc) is 3.22. The van der Waals surface area contributed by atoms with E-state index in [1.807, 2.05) is 12.1 Å². The third-order valence-electron chi connectivity index (χ3n) is 4.99. The Morgan fingerprint density at radius 3 is 2.76 bits per heavy atom. The number of rotatable bonds is 3. The Labute approximate surface area is 146 Å². The first kappa shape index (κ1) is 16.3. The van der Waals surface area contributed by atoms with Gasteiger partial charge in [-0.05, 0) is 23.8 Å². The standard InChI is InChI=1S/C17H20N4O3S/c22-17(14-4-2-6-19-14)21-8-7-20(10-13-3-1-5-18-9-13)15-11-25(23,24)12-16(15)21/h1-6,9,15-16,19H,7-8,10-12H2. The van der Waals surface area contributed by atoms with Crippen molar-refractivity contribution in [3.63, 3.8) is 0 Å². The maximum Gasteiger partial charge on any atom is 0.270 e. The van der Waals surface area contributed by atoms with Gasteiger partial charge in [0, 0.05) is 44.3 Å². The van der Waals surface area contributed by atoms with Gasteiger partial charge in [-0.15, -0.1) is 0 Å². The fraction of sp³-hybridized carbons (Fsp3) is 0.412. The van der Waals surface area contributed by atoms with Crippen LogP contribution >= 0.6 is 0 Å². The number of sulfone groups is 1. The molecule has 0 radical (unpaired) electrons. The monoisotopic (exact) mass is 360 g/mol. The van der Waals surface area contributed by atoms with Gasteiger partial charge in [-0.2, -0.15) is 0 Å². The maximum atomic E-state index is 12.8. The van der Waals surface area contributed by atoms with Crippen LogP contribution in [0.25, 0.3) is 0 Å². The summed E-state index contributed by atoms with van der Waals surface area (Å²) in [6.45, 7) is 1.82. The molecule has 7 nitrogen and oxygen atoms in total. The molecule has 2 fully saturated rings. The topological polar surface area (TPSA) is 86.4 Å². The number of amides is 1. The molecule has 0 bridgehead atoms. The summed E-state index contributed by atoms with van der Waals surface area (Å²) >= 11 is 0. The number of carbonyl (C=O) groups excluding carboxylic acids is 1. The van der Waals surface area contributed by atoms with Gasteiger partial charge in [-0.25, -0.2) is 8.42 Å². The molecule has 8 heteroatoms. The Morgan fingerprint density at radius 2 is 2.04 bits per heavy atom. The van der Waals surface area contributed by atoms with E-state index in [2.05, 4.69) is 14.9 Å². The minimum atomic E-state index is -3.15. The minimum absolute atomic E-state index is 0.0354. The smallest absolute Gasteiger partial charge is 0.270 e. The van der Waals surface area contributed by atoms with Crippen molar-refractivity contribution in [1.29, 1.82) is 0 Å². The third-order valence-corrected chi connectivity index (χ3v) is 6.69. The van der Waals surface area contributed by atoms with Crippen molar-refractivity contribution in [3.05, 3.63) is 54.1 Å². The summed E-state index contributed by atoms with van der Waals surface area (Å²) in [6, 6.07) is 6.90. The molecule has 1 amide bonds. The minimum Gasteiger partial charge on any atom is -0.357 e. The van der Waals surface area contributed by atoms with Crippen molar-refractivity contribution >= 4 is 15.7 Å². The van der Waals surface area contributed by atoms with Crippen molar-refractivity contribution in [2.24, 2.45) is 0 Å². The quantitative estimate of drug-likeness (QED) is 0.863. The summed E-state index contributed by atoms with van der Waals surface area (Å²) in [7, 11) is -3.15. The van der Waals surface area contributed by atoms with Gasteiger partial charge >= 0.3 is 0 Å². The van der Waals surface area contributed by atoms with E-state index in [0.717, 1.165) is 5.56 Å². The Balaban J connectivity index is 1.59. The number of nitrogens with zero attached hydrogens (tertiary/aromatic N) is 3. The van der Waals surface area contributed by atoms with Gasteiger partial charge in [0.05, 0.1) is 17.5 Å². The highest BCUT2D eigenvalue weighted by Gasteiger charge is 2.48. The van der Waals surface area contributed by atoms with Crippen LogP contribution in [0.1, 0.15) is 16.1 Å². The number of nitrogens with one attached hydrogen (secondary N) is 1. The number of aromatic amines is 1. The normalized spacial score (nSPS) is 25.7. The van der Waals surface area contributed by atoms with Crippen LogP contribution in [0.4, 0.5) is 0 Å². The van der Waals surface area contributed by atoms with Gasteiger partial charge in [0.15, 0.2) is 9.84 Å². The van der Waals surface area contributed by atoms with Crippen LogP contribution in [0.5, 0.6) is 0 Å². The molecule has 132 valence electrons. The third kappa shape index (κ3) is 3.19. The molecule has 0 aliphatic carbocycles. The van der Waals surface area contributed by atoms with E-state index in [0.29, 0.717) is 25.3 Å². The summed E-state index contributed by atoms with van der Waals surface area (Å²) < 4.78 is 24.5. The fourth-order valence-corrected chi connectivity index (χ4v) is 5.83. The van der Waals surface area contributed by atoms with Crippen molar-refractivity contribution < 1.29 is 13.2 Å². The molecule has 2 aromatic heterocycles. The molecule has 0 spiro atoms. The zero-order valence-corrected chi connectivity index (χ0v) is 14.5. The molecule has 4 rings (SSSR count). The molecule has 2 unspecified atom stereocenters. The van der Waals surface area contributed by atoms with Gasteiger partial charge < -0.3 is 9.88 Å². The molecular formula is C17H20N4O3S. The number of H-pyrrole nitrogens is 1. The number of hydrogen-bond acceptors (Lipinski definition) is 5. The molecule has 2 saturated heterocycles. The van der Waals surface area contributed by atoms with Crippen molar-refractivity contribution in [1.82, 2.24) is 19.8 Å². The van der Waals surface area contributed by atoms with Gasteiger partial charge in [0.1, 0.15) is 5.69 Å². The molecule has 2 aliphatic heterocycles. The Hall–Kier alpha value is -2.19. The number of aromatic nitrogens is 2. The van der Waals surface area contributed by atoms with Crippen LogP contribution in [0, 0.1) is 0 Å². The summed E-state index contributed by atoms with van der Waals surface area (Å²) in [5.74, 6) is 0.0122. The first-order chi connectivity index (χ1) is 12.0. The lowest BCUT2D eigenvalue weighted by Crippen LogP contribution is -2.60. The van der Waals surface area contributed by atoms with E-state index in [1.54, 1.807) is 35.6 Å². The van der Waals surface area contributed by atoms with Gasteiger partial charge in [0.25, 0.3) is 5.91 Å². The largest absolute Gasteiger partial charge is 0.357 e. The van der Waals surface area contributed by atoms with Crippen LogP contribution in [0.2, 0.25) is 0 Å². The summed E-state index contributed by atoms with van der Waals surface area (Å²) in [6.07, 6.45) is 5.23. The predicted octanol–water partition coefficient (Wildman–Crippen LogP) is 0.533. The average molecular weight is 360 g/mol. The lowest BCUT2D eigenvalue weighted by molar-refractivity contribution is 0.0302. The molecule has 0 aromatic carbocycles. The Bertz CT molecular complexity index is 851. The Kier molecular flexibility index (Phi) is 4.09. The number of hydrogen-bond donors (Lipinski definition) is 1. The molecular weight excluding hydrogens is 340 g/mol. The second-order valence-electron chi connectivity index (χ2n) is 6.63. The zero-order valence-electron chi connectivity index (χ0n) is 13.7. The van der Waals surface area contributed by atoms with Gasteiger partial charge in [-0.3, -0.25) is 14.7 Å². The van der Waals surface area contributed by atoms with E-state index in [-0.39, 0.29) is 29.5 Å². The second-order valence-corrected chi connectivity index (χ2v) is 8.78. The van der Waals surface area contributed by atoms with E-state index >= 15 is 0 Å². The summed E-state index contributed by atoms with van der Waals surface area (Å²) in [5.41, 5.74) is 1.55. The summed E-state index contributed by atoms with van der Waals surface area (Å²) in [4.78, 5) is 23.7. The number of carbonyl (C=O) groups is 1. The predicted molar refractivity (Wildman–Crippen MR) is 92.7 cm³/mol. The molecule has 2 aromatic rings. The zero-order chi connectivity index (χ0) is 17.4. The molecule has 2 aliphatic rings. The lowest BCUT2D eigenvalue weighted by Gasteiger charge is -2.43. The SMILES string of the molecule is O=C(c1ccc[nH]1)N1CCN(Cc2cccnc2)C2CS(=O)(=O)CC21. The highest BCUT2D eigenvalue weighted by molar-refractivity contribution is 7.91. The van der Waals surface area contributed by atoms with E-state index < -0.39 is 9.84 Å². The van der Waals surface area contributed by atoms with E-state index in [1.165, 1.54) is 0 Å². The molecule has 2 atom stereocenters. The first-order valence-corrected chi connectivity index (χ1v) is 10.1. The van der Waals surface area contributed by atoms with Crippen LogP contribution in [-0.4, -0.2) is 70.8 Å². The van der Waals surface area contributed by atoms with Crippen molar-refractivity contribution in [2.75, 3.05) is 24.6 Å². The molecule has 1 N–H and O–H groups in total. The van der Waals surface area contributed by atoms with Gasteiger partial charge in [0.2, 0.25) is 0 Å². The van der Waals surface area contributed by atoms with Crippen molar-refractivity contribution in [2.45, 2.75) is 18.6 Å². The number of fused-ring (bicyclic) bond motifs is 1. The summed E-state index contributed by atoms with van der Waals surface area (Å²) in [5, 5.41) is 0. The lowest BCUT2D eigenvalue weighted by atomic mass is 10.0. The van der Waals surface area contributed by atoms with E-state index in [4.69, 9.17) is 0 Å². The maximum absolute atomic E-state index is 12.8. The number of piperazine rings is 1. The highest BCUT2D eigenvalue weighted by atomic mass is 32.2. The van der Waals surface area contributed by atoms with Crippen LogP contribution in [0.15, 0.2) is 42.9 Å². The fourth-order valence-electron chi connectivity index (χ4n) is 3.82. The number of pyridine rings is 1. The van der Waals surface area contributed by atoms with Crippen LogP contribution in [0.3, 0.4) is 0 Å². The van der Waals surface area contributed by atoms with Crippen LogP contribution in [-0.2, 0) is 16.4 Å². The molecule has 0 saturated carbocycles. The van der Waals surface area contributed by atoms with E-state index in [9.17, 15) is 13.2 Å². The van der Waals surface area contributed by atoms with Crippen molar-refractivity contribution in [3.8, 4) is 0 Å².